The minimum Gasteiger partial charge on any atom is -0.366 e. The van der Waals surface area contributed by atoms with Gasteiger partial charge in [0, 0.05) is 32.4 Å². The number of nitrogens with zero attached hydrogens (tertiary/aromatic N) is 4. The second-order valence-electron chi connectivity index (χ2n) is 5.27. The van der Waals surface area contributed by atoms with Crippen molar-refractivity contribution in [2.24, 2.45) is 0 Å². The van der Waals surface area contributed by atoms with Crippen LogP contribution in [0.1, 0.15) is 0 Å². The van der Waals surface area contributed by atoms with Gasteiger partial charge in [0.15, 0.2) is 5.13 Å². The Bertz CT molecular complexity index is 762. The van der Waals surface area contributed by atoms with Crippen LogP contribution in [0, 0.1) is 5.82 Å². The van der Waals surface area contributed by atoms with Crippen LogP contribution in [-0.4, -0.2) is 36.1 Å². The molecule has 0 aliphatic carbocycles. The van der Waals surface area contributed by atoms with E-state index in [1.807, 2.05) is 18.2 Å². The number of piperazine rings is 1. The lowest BCUT2D eigenvalue weighted by molar-refractivity contribution is 0.597. The zero-order valence-corrected chi connectivity index (χ0v) is 12.8. The highest BCUT2D eigenvalue weighted by atomic mass is 32.1. The summed E-state index contributed by atoms with van der Waals surface area (Å²) in [6, 6.07) is 8.96. The van der Waals surface area contributed by atoms with Crippen LogP contribution in [0.2, 0.25) is 0 Å². The molecule has 0 radical (unpaired) electrons. The summed E-state index contributed by atoms with van der Waals surface area (Å²) < 4.78 is 15.0. The number of hydrogen-bond acceptors (Lipinski definition) is 5. The van der Waals surface area contributed by atoms with Crippen molar-refractivity contribution in [3.05, 3.63) is 48.5 Å². The molecule has 112 valence electrons. The summed E-state index contributed by atoms with van der Waals surface area (Å²) in [5, 5.41) is 1.02. The molecule has 0 amide bonds. The minimum absolute atomic E-state index is 0.151. The molecule has 3 aromatic rings. The molecule has 1 saturated heterocycles. The van der Waals surface area contributed by atoms with E-state index in [9.17, 15) is 4.39 Å². The van der Waals surface area contributed by atoms with Crippen molar-refractivity contribution in [2.75, 3.05) is 36.0 Å². The summed E-state index contributed by atoms with van der Waals surface area (Å²) in [6.45, 7) is 3.30. The van der Waals surface area contributed by atoms with E-state index in [4.69, 9.17) is 0 Å². The van der Waals surface area contributed by atoms with Crippen LogP contribution < -0.4 is 9.80 Å². The first kappa shape index (κ1) is 13.5. The van der Waals surface area contributed by atoms with E-state index >= 15 is 0 Å². The molecule has 4 rings (SSSR count). The fraction of sp³-hybridized carbons (Fsp3) is 0.250. The van der Waals surface area contributed by atoms with Gasteiger partial charge < -0.3 is 9.80 Å². The van der Waals surface area contributed by atoms with Gasteiger partial charge in [-0.1, -0.05) is 23.5 Å². The number of para-hydroxylation sites is 1. The van der Waals surface area contributed by atoms with Crippen molar-refractivity contribution < 1.29 is 4.39 Å². The van der Waals surface area contributed by atoms with Crippen molar-refractivity contribution in [1.29, 1.82) is 0 Å². The van der Waals surface area contributed by atoms with Crippen molar-refractivity contribution >= 4 is 32.4 Å². The highest BCUT2D eigenvalue weighted by Gasteiger charge is 2.21. The number of anilines is 2. The van der Waals surface area contributed by atoms with Gasteiger partial charge in [-0.3, -0.25) is 4.98 Å². The third-order valence-electron chi connectivity index (χ3n) is 3.92. The van der Waals surface area contributed by atoms with Crippen LogP contribution in [0.25, 0.3) is 10.2 Å². The lowest BCUT2D eigenvalue weighted by atomic mass is 10.2. The second kappa shape index (κ2) is 5.53. The molecule has 0 N–H and O–H groups in total. The number of halogens is 1. The zero-order chi connectivity index (χ0) is 14.9. The molecule has 2 aromatic heterocycles. The molecule has 0 saturated carbocycles. The normalized spacial score (nSPS) is 15.5. The van der Waals surface area contributed by atoms with Crippen LogP contribution >= 0.6 is 11.3 Å². The van der Waals surface area contributed by atoms with Crippen LogP contribution in [0.3, 0.4) is 0 Å². The molecule has 3 heterocycles. The lowest BCUT2D eigenvalue weighted by Gasteiger charge is -2.36. The molecule has 1 aromatic carbocycles. The van der Waals surface area contributed by atoms with Crippen molar-refractivity contribution in [2.45, 2.75) is 0 Å². The Labute approximate surface area is 131 Å². The Morgan fingerprint density at radius 3 is 2.55 bits per heavy atom. The van der Waals surface area contributed by atoms with Gasteiger partial charge >= 0.3 is 0 Å². The van der Waals surface area contributed by atoms with E-state index in [2.05, 4.69) is 19.8 Å². The second-order valence-corrected chi connectivity index (χ2v) is 6.27. The first-order valence-electron chi connectivity index (χ1n) is 7.26. The molecule has 4 nitrogen and oxygen atoms in total. The van der Waals surface area contributed by atoms with Crippen LogP contribution in [-0.2, 0) is 0 Å². The summed E-state index contributed by atoms with van der Waals surface area (Å²) in [5.41, 5.74) is 1.63. The van der Waals surface area contributed by atoms with E-state index < -0.39 is 0 Å². The monoisotopic (exact) mass is 314 g/mol. The highest BCUT2D eigenvalue weighted by molar-refractivity contribution is 7.22. The number of benzene rings is 1. The maximum Gasteiger partial charge on any atom is 0.186 e. The third kappa shape index (κ3) is 2.39. The SMILES string of the molecule is Fc1ccccc1N1CCN(c2nc3cnccc3s2)CC1. The molecule has 0 unspecified atom stereocenters. The Hall–Kier alpha value is -2.21. The van der Waals surface area contributed by atoms with Crippen LogP contribution in [0.15, 0.2) is 42.7 Å². The number of pyridine rings is 1. The van der Waals surface area contributed by atoms with Gasteiger partial charge in [-0.25, -0.2) is 9.37 Å². The first-order valence-corrected chi connectivity index (χ1v) is 8.08. The van der Waals surface area contributed by atoms with Crippen molar-refractivity contribution in [3.63, 3.8) is 0 Å². The van der Waals surface area contributed by atoms with Crippen molar-refractivity contribution in [1.82, 2.24) is 9.97 Å². The predicted molar refractivity (Wildman–Crippen MR) is 88.2 cm³/mol. The number of hydrogen-bond donors (Lipinski definition) is 0. The number of thiazole rings is 1. The summed E-state index contributed by atoms with van der Waals surface area (Å²) in [6.07, 6.45) is 3.59. The average Bonchev–Trinajstić information content (AvgIpc) is 2.99. The lowest BCUT2D eigenvalue weighted by Crippen LogP contribution is -2.46. The van der Waals surface area contributed by atoms with E-state index in [1.54, 1.807) is 29.8 Å². The van der Waals surface area contributed by atoms with Crippen LogP contribution in [0.4, 0.5) is 15.2 Å². The molecule has 0 spiro atoms. The highest BCUT2D eigenvalue weighted by Crippen LogP contribution is 2.29. The van der Waals surface area contributed by atoms with Gasteiger partial charge in [-0.15, -0.1) is 0 Å². The predicted octanol–water partition coefficient (Wildman–Crippen LogP) is 3.16. The Kier molecular flexibility index (Phi) is 3.38. The molecule has 1 fully saturated rings. The first-order chi connectivity index (χ1) is 10.8. The molecule has 22 heavy (non-hydrogen) atoms. The fourth-order valence-electron chi connectivity index (χ4n) is 2.75. The Balaban J connectivity index is 1.51. The Morgan fingerprint density at radius 2 is 1.77 bits per heavy atom. The van der Waals surface area contributed by atoms with Crippen molar-refractivity contribution in [3.8, 4) is 0 Å². The van der Waals surface area contributed by atoms with Gasteiger partial charge in [0.1, 0.15) is 11.3 Å². The summed E-state index contributed by atoms with van der Waals surface area (Å²) in [7, 11) is 0. The largest absolute Gasteiger partial charge is 0.366 e. The molecular formula is C16H15FN4S. The minimum atomic E-state index is -0.151. The summed E-state index contributed by atoms with van der Waals surface area (Å²) in [5.74, 6) is -0.151. The van der Waals surface area contributed by atoms with E-state index in [-0.39, 0.29) is 5.82 Å². The summed E-state index contributed by atoms with van der Waals surface area (Å²) >= 11 is 1.69. The number of aromatic nitrogens is 2. The molecule has 1 aliphatic rings. The van der Waals surface area contributed by atoms with E-state index in [0.717, 1.165) is 41.5 Å². The van der Waals surface area contributed by atoms with Gasteiger partial charge in [-0.05, 0) is 18.2 Å². The molecule has 1 aliphatic heterocycles. The van der Waals surface area contributed by atoms with Gasteiger partial charge in [0.2, 0.25) is 0 Å². The quantitative estimate of drug-likeness (QED) is 0.727. The van der Waals surface area contributed by atoms with E-state index in [0.29, 0.717) is 5.69 Å². The molecule has 6 heteroatoms. The standard InChI is InChI=1S/C16H15FN4S/c17-12-3-1-2-4-14(12)20-7-9-21(10-8-20)16-19-13-11-18-6-5-15(13)22-16/h1-6,11H,7-10H2. The maximum absolute atomic E-state index is 13.9. The van der Waals surface area contributed by atoms with Gasteiger partial charge in [0.05, 0.1) is 16.6 Å². The van der Waals surface area contributed by atoms with Gasteiger partial charge in [-0.2, -0.15) is 0 Å². The molecular weight excluding hydrogens is 299 g/mol. The molecule has 0 atom stereocenters. The fourth-order valence-corrected chi connectivity index (χ4v) is 3.73. The maximum atomic E-state index is 13.9. The van der Waals surface area contributed by atoms with Gasteiger partial charge in [0.25, 0.3) is 0 Å². The van der Waals surface area contributed by atoms with E-state index in [1.165, 1.54) is 6.07 Å². The smallest absolute Gasteiger partial charge is 0.186 e. The topological polar surface area (TPSA) is 32.3 Å². The summed E-state index contributed by atoms with van der Waals surface area (Å²) in [4.78, 5) is 13.1. The number of rotatable bonds is 2. The van der Waals surface area contributed by atoms with Crippen LogP contribution in [0.5, 0.6) is 0 Å². The Morgan fingerprint density at radius 1 is 1.00 bits per heavy atom. The average molecular weight is 314 g/mol. The molecule has 0 bridgehead atoms. The zero-order valence-electron chi connectivity index (χ0n) is 11.9. The third-order valence-corrected chi connectivity index (χ3v) is 5.02. The number of fused-ring (bicyclic) bond motifs is 1.